The molecule has 1 N–H and O–H groups in total. The molecule has 23 heavy (non-hydrogen) atoms. The van der Waals surface area contributed by atoms with Crippen molar-refractivity contribution in [2.75, 3.05) is 6.79 Å². The fourth-order valence-corrected chi connectivity index (χ4v) is 2.13. The summed E-state index contributed by atoms with van der Waals surface area (Å²) >= 11 is 0. The maximum Gasteiger partial charge on any atom is 0.272 e. The van der Waals surface area contributed by atoms with Gasteiger partial charge in [0.05, 0.1) is 16.6 Å². The second-order valence-electron chi connectivity index (χ2n) is 4.79. The Morgan fingerprint density at radius 1 is 1.22 bits per heavy atom. The molecule has 0 saturated heterocycles. The molecule has 3 rings (SSSR count). The number of rotatable bonds is 4. The van der Waals surface area contributed by atoms with Gasteiger partial charge in [-0.25, -0.2) is 4.39 Å². The van der Waals surface area contributed by atoms with Gasteiger partial charge in [-0.3, -0.25) is 14.9 Å². The summed E-state index contributed by atoms with van der Waals surface area (Å²) in [4.78, 5) is 21.8. The van der Waals surface area contributed by atoms with Crippen LogP contribution in [0.2, 0.25) is 0 Å². The summed E-state index contributed by atoms with van der Waals surface area (Å²) in [7, 11) is 0. The molecule has 0 aliphatic carbocycles. The van der Waals surface area contributed by atoms with E-state index < -0.39 is 22.3 Å². The number of hydrogen-bond acceptors (Lipinski definition) is 5. The van der Waals surface area contributed by atoms with Gasteiger partial charge in [-0.05, 0) is 23.8 Å². The SMILES string of the molecule is O=C(NCc1ccc2c(c1)OCO2)c1ccc([N+](=O)[O-])cc1F. The van der Waals surface area contributed by atoms with Crippen LogP contribution in [0.4, 0.5) is 10.1 Å². The van der Waals surface area contributed by atoms with Crippen LogP contribution in [-0.4, -0.2) is 17.6 Å². The molecule has 2 aromatic carbocycles. The molecule has 8 heteroatoms. The second kappa shape index (κ2) is 5.91. The van der Waals surface area contributed by atoms with Crippen molar-refractivity contribution < 1.29 is 23.6 Å². The highest BCUT2D eigenvalue weighted by Gasteiger charge is 2.17. The number of halogens is 1. The van der Waals surface area contributed by atoms with E-state index in [1.807, 2.05) is 0 Å². The minimum Gasteiger partial charge on any atom is -0.454 e. The highest BCUT2D eigenvalue weighted by Crippen LogP contribution is 2.32. The average Bonchev–Trinajstić information content (AvgIpc) is 3.00. The van der Waals surface area contributed by atoms with E-state index in [0.717, 1.165) is 23.8 Å². The number of amides is 1. The lowest BCUT2D eigenvalue weighted by Crippen LogP contribution is -2.23. The van der Waals surface area contributed by atoms with Crippen molar-refractivity contribution in [2.45, 2.75) is 6.54 Å². The van der Waals surface area contributed by atoms with Gasteiger partial charge in [0, 0.05) is 12.6 Å². The largest absolute Gasteiger partial charge is 0.454 e. The van der Waals surface area contributed by atoms with Crippen molar-refractivity contribution in [3.05, 3.63) is 63.5 Å². The first-order chi connectivity index (χ1) is 11.0. The van der Waals surface area contributed by atoms with Crippen molar-refractivity contribution in [1.29, 1.82) is 0 Å². The third-order valence-electron chi connectivity index (χ3n) is 3.30. The molecule has 0 saturated carbocycles. The Labute approximate surface area is 129 Å². The Morgan fingerprint density at radius 3 is 2.74 bits per heavy atom. The van der Waals surface area contributed by atoms with E-state index in [4.69, 9.17) is 9.47 Å². The van der Waals surface area contributed by atoms with Gasteiger partial charge in [0.25, 0.3) is 11.6 Å². The van der Waals surface area contributed by atoms with Crippen molar-refractivity contribution in [1.82, 2.24) is 5.32 Å². The van der Waals surface area contributed by atoms with E-state index in [2.05, 4.69) is 5.32 Å². The molecule has 7 nitrogen and oxygen atoms in total. The van der Waals surface area contributed by atoms with E-state index >= 15 is 0 Å². The molecule has 118 valence electrons. The van der Waals surface area contributed by atoms with E-state index in [9.17, 15) is 19.3 Å². The van der Waals surface area contributed by atoms with Crippen molar-refractivity contribution in [3.8, 4) is 11.5 Å². The highest BCUT2D eigenvalue weighted by molar-refractivity contribution is 5.94. The van der Waals surface area contributed by atoms with Gasteiger partial charge in [-0.15, -0.1) is 0 Å². The second-order valence-corrected chi connectivity index (χ2v) is 4.79. The third-order valence-corrected chi connectivity index (χ3v) is 3.30. The Balaban J connectivity index is 1.69. The summed E-state index contributed by atoms with van der Waals surface area (Å²) in [6.07, 6.45) is 0. The molecule has 0 aromatic heterocycles. The minimum absolute atomic E-state index is 0.152. The first-order valence-electron chi connectivity index (χ1n) is 6.65. The number of carbonyl (C=O) groups excluding carboxylic acids is 1. The van der Waals surface area contributed by atoms with Crippen LogP contribution in [0, 0.1) is 15.9 Å². The summed E-state index contributed by atoms with van der Waals surface area (Å²) in [6, 6.07) is 8.07. The predicted octanol–water partition coefficient (Wildman–Crippen LogP) is 2.39. The van der Waals surface area contributed by atoms with E-state index in [0.29, 0.717) is 11.5 Å². The van der Waals surface area contributed by atoms with E-state index in [-0.39, 0.29) is 18.9 Å². The number of ether oxygens (including phenoxy) is 2. The molecule has 0 radical (unpaired) electrons. The van der Waals surface area contributed by atoms with Gasteiger partial charge in [-0.1, -0.05) is 6.07 Å². The van der Waals surface area contributed by atoms with Crippen LogP contribution in [-0.2, 0) is 6.54 Å². The van der Waals surface area contributed by atoms with Gasteiger partial charge in [0.1, 0.15) is 5.82 Å². The molecule has 1 amide bonds. The lowest BCUT2D eigenvalue weighted by atomic mass is 10.1. The molecule has 0 fully saturated rings. The lowest BCUT2D eigenvalue weighted by molar-refractivity contribution is -0.385. The Bertz CT molecular complexity index is 793. The number of nitrogens with zero attached hydrogens (tertiary/aromatic N) is 1. The standard InChI is InChI=1S/C15H11FN2O5/c16-12-6-10(18(20)21)2-3-11(12)15(19)17-7-9-1-4-13-14(5-9)23-8-22-13/h1-6H,7-8H2,(H,17,19). The topological polar surface area (TPSA) is 90.7 Å². The zero-order chi connectivity index (χ0) is 16.4. The average molecular weight is 318 g/mol. The maximum atomic E-state index is 13.8. The first-order valence-corrected chi connectivity index (χ1v) is 6.65. The minimum atomic E-state index is -0.942. The van der Waals surface area contributed by atoms with Crippen molar-refractivity contribution in [3.63, 3.8) is 0 Å². The number of benzene rings is 2. The van der Waals surface area contributed by atoms with Gasteiger partial charge in [0.15, 0.2) is 11.5 Å². The van der Waals surface area contributed by atoms with Crippen LogP contribution in [0.15, 0.2) is 36.4 Å². The van der Waals surface area contributed by atoms with Crippen LogP contribution in [0.3, 0.4) is 0 Å². The van der Waals surface area contributed by atoms with Gasteiger partial charge < -0.3 is 14.8 Å². The number of carbonyl (C=O) groups is 1. The van der Waals surface area contributed by atoms with Gasteiger partial charge in [-0.2, -0.15) is 0 Å². The van der Waals surface area contributed by atoms with Crippen LogP contribution in [0.25, 0.3) is 0 Å². The summed E-state index contributed by atoms with van der Waals surface area (Å²) in [6.45, 7) is 0.311. The van der Waals surface area contributed by atoms with Crippen LogP contribution in [0.5, 0.6) is 11.5 Å². The smallest absolute Gasteiger partial charge is 0.272 e. The highest BCUT2D eigenvalue weighted by atomic mass is 19.1. The molecular formula is C15H11FN2O5. The lowest BCUT2D eigenvalue weighted by Gasteiger charge is -2.07. The summed E-state index contributed by atoms with van der Waals surface area (Å²) in [5.74, 6) is -0.391. The fraction of sp³-hybridized carbons (Fsp3) is 0.133. The Hall–Kier alpha value is -3.16. The molecule has 0 unspecified atom stereocenters. The van der Waals surface area contributed by atoms with Crippen molar-refractivity contribution in [2.24, 2.45) is 0 Å². The van der Waals surface area contributed by atoms with Gasteiger partial charge >= 0.3 is 0 Å². The third kappa shape index (κ3) is 3.05. The number of nitrogens with one attached hydrogen (secondary N) is 1. The monoisotopic (exact) mass is 318 g/mol. The van der Waals surface area contributed by atoms with Crippen molar-refractivity contribution >= 4 is 11.6 Å². The maximum absolute atomic E-state index is 13.8. The zero-order valence-electron chi connectivity index (χ0n) is 11.7. The number of hydrogen-bond donors (Lipinski definition) is 1. The van der Waals surface area contributed by atoms with Crippen LogP contribution >= 0.6 is 0 Å². The number of nitro groups is 1. The predicted molar refractivity (Wildman–Crippen MR) is 76.8 cm³/mol. The van der Waals surface area contributed by atoms with Gasteiger partial charge in [0.2, 0.25) is 6.79 Å². The Kier molecular flexibility index (Phi) is 3.80. The summed E-state index contributed by atoms with van der Waals surface area (Å²) < 4.78 is 24.2. The molecule has 1 heterocycles. The molecule has 0 atom stereocenters. The van der Waals surface area contributed by atoms with Crippen LogP contribution in [0.1, 0.15) is 15.9 Å². The zero-order valence-corrected chi connectivity index (χ0v) is 11.7. The first kappa shape index (κ1) is 14.8. The molecule has 1 aliphatic heterocycles. The summed E-state index contributed by atoms with van der Waals surface area (Å²) in [5.41, 5.74) is 0.0936. The fourth-order valence-electron chi connectivity index (χ4n) is 2.13. The number of fused-ring (bicyclic) bond motifs is 1. The number of non-ortho nitro benzene ring substituents is 1. The molecule has 0 spiro atoms. The quantitative estimate of drug-likeness (QED) is 0.690. The van der Waals surface area contributed by atoms with E-state index in [1.165, 1.54) is 0 Å². The molecular weight excluding hydrogens is 307 g/mol. The molecule has 1 aliphatic rings. The normalized spacial score (nSPS) is 12.0. The number of nitro benzene ring substituents is 1. The van der Waals surface area contributed by atoms with Crippen LogP contribution < -0.4 is 14.8 Å². The molecule has 0 bridgehead atoms. The van der Waals surface area contributed by atoms with E-state index in [1.54, 1.807) is 18.2 Å². The molecule has 2 aromatic rings. The Morgan fingerprint density at radius 2 is 2.00 bits per heavy atom. The summed E-state index contributed by atoms with van der Waals surface area (Å²) in [5, 5.41) is 13.1.